The molecule has 1 aliphatic carbocycles. The number of hydrogen-bond acceptors (Lipinski definition) is 4. The summed E-state index contributed by atoms with van der Waals surface area (Å²) in [4.78, 5) is 40.0. The Morgan fingerprint density at radius 1 is 0.895 bits per heavy atom. The molecule has 4 rings (SSSR count). The van der Waals surface area contributed by atoms with Gasteiger partial charge >= 0.3 is 0 Å². The molecule has 0 atom stereocenters. The molecular weight excluding hydrogens is 500 g/mol. The Balaban J connectivity index is 1.31. The number of benzene rings is 3. The van der Waals surface area contributed by atoms with Crippen molar-refractivity contribution in [1.29, 1.82) is 0 Å². The molecule has 0 radical (unpaired) electrons. The Hall–Kier alpha value is -3.84. The van der Waals surface area contributed by atoms with Crippen LogP contribution in [0.25, 0.3) is 0 Å². The van der Waals surface area contributed by atoms with Crippen molar-refractivity contribution in [3.8, 4) is 0 Å². The third-order valence-corrected chi connectivity index (χ3v) is 6.98. The van der Waals surface area contributed by atoms with Crippen LogP contribution in [0.2, 0.25) is 5.02 Å². The van der Waals surface area contributed by atoms with Gasteiger partial charge in [0.25, 0.3) is 11.8 Å². The van der Waals surface area contributed by atoms with E-state index in [0.717, 1.165) is 31.4 Å². The lowest BCUT2D eigenvalue weighted by molar-refractivity contribution is -0.114. The first-order chi connectivity index (χ1) is 18.4. The minimum absolute atomic E-state index is 0.00359. The van der Waals surface area contributed by atoms with Crippen LogP contribution < -0.4 is 20.9 Å². The number of halogens is 1. The van der Waals surface area contributed by atoms with Gasteiger partial charge in [-0.2, -0.15) is 0 Å². The van der Waals surface area contributed by atoms with E-state index in [1.165, 1.54) is 6.42 Å². The first-order valence-corrected chi connectivity index (χ1v) is 13.4. The fraction of sp³-hybridized carbons (Fsp3) is 0.300. The number of para-hydroxylation sites is 1. The van der Waals surface area contributed by atoms with Crippen LogP contribution in [0.1, 0.15) is 59.7 Å². The molecule has 1 saturated carbocycles. The van der Waals surface area contributed by atoms with Crippen molar-refractivity contribution in [3.63, 3.8) is 0 Å². The van der Waals surface area contributed by atoms with E-state index in [9.17, 15) is 14.4 Å². The van der Waals surface area contributed by atoms with Gasteiger partial charge in [0.15, 0.2) is 0 Å². The molecule has 0 unspecified atom stereocenters. The number of nitrogens with one attached hydrogen (secondary N) is 3. The number of amides is 3. The summed E-state index contributed by atoms with van der Waals surface area (Å²) in [5, 5.41) is 9.32. The highest BCUT2D eigenvalue weighted by molar-refractivity contribution is 6.34. The lowest BCUT2D eigenvalue weighted by atomic mass is 9.95. The van der Waals surface area contributed by atoms with Crippen LogP contribution >= 0.6 is 11.6 Å². The summed E-state index contributed by atoms with van der Waals surface area (Å²) in [5.41, 5.74) is 2.96. The van der Waals surface area contributed by atoms with E-state index in [0.29, 0.717) is 34.1 Å². The van der Waals surface area contributed by atoms with Gasteiger partial charge in [-0.15, -0.1) is 0 Å². The molecule has 8 heteroatoms. The predicted octanol–water partition coefficient (Wildman–Crippen LogP) is 6.12. The highest BCUT2D eigenvalue weighted by Gasteiger charge is 2.19. The topological polar surface area (TPSA) is 90.5 Å². The molecule has 198 valence electrons. The second-order valence-electron chi connectivity index (χ2n) is 9.37. The Kier molecular flexibility index (Phi) is 9.38. The quantitative estimate of drug-likeness (QED) is 0.309. The predicted molar refractivity (Wildman–Crippen MR) is 153 cm³/mol. The Morgan fingerprint density at radius 3 is 2.26 bits per heavy atom. The molecule has 3 aromatic rings. The maximum atomic E-state index is 13.0. The van der Waals surface area contributed by atoms with E-state index < -0.39 is 0 Å². The Morgan fingerprint density at radius 2 is 1.58 bits per heavy atom. The zero-order chi connectivity index (χ0) is 26.9. The van der Waals surface area contributed by atoms with E-state index in [-0.39, 0.29) is 30.3 Å². The van der Waals surface area contributed by atoms with Crippen LogP contribution in [-0.2, 0) is 4.79 Å². The van der Waals surface area contributed by atoms with Gasteiger partial charge in [0.1, 0.15) is 0 Å². The largest absolute Gasteiger partial charge is 0.376 e. The SMILES string of the molecule is CCN(C(=O)c1ccc(NC(=O)CNc2ccc(Cl)c(C(=O)NC3CCCCC3)c2)cc1)c1ccccc1. The summed E-state index contributed by atoms with van der Waals surface area (Å²) in [6.07, 6.45) is 5.43. The van der Waals surface area contributed by atoms with Crippen molar-refractivity contribution >= 4 is 46.4 Å². The summed E-state index contributed by atoms with van der Waals surface area (Å²) in [6, 6.07) is 21.6. The molecule has 0 aromatic heterocycles. The fourth-order valence-electron chi connectivity index (χ4n) is 4.61. The third-order valence-electron chi connectivity index (χ3n) is 6.65. The minimum atomic E-state index is -0.258. The zero-order valence-electron chi connectivity index (χ0n) is 21.5. The lowest BCUT2D eigenvalue weighted by Crippen LogP contribution is -2.36. The molecule has 38 heavy (non-hydrogen) atoms. The number of hydrogen-bond donors (Lipinski definition) is 3. The molecule has 3 amide bonds. The molecule has 0 spiro atoms. The van der Waals surface area contributed by atoms with E-state index in [2.05, 4.69) is 16.0 Å². The summed E-state index contributed by atoms with van der Waals surface area (Å²) in [5.74, 6) is -0.561. The number of carbonyl (C=O) groups excluding carboxylic acids is 3. The van der Waals surface area contributed by atoms with Crippen molar-refractivity contribution in [2.75, 3.05) is 28.6 Å². The van der Waals surface area contributed by atoms with Gasteiger partial charge in [0.05, 0.1) is 17.1 Å². The van der Waals surface area contributed by atoms with Crippen molar-refractivity contribution < 1.29 is 14.4 Å². The number of rotatable bonds is 9. The van der Waals surface area contributed by atoms with Gasteiger partial charge in [-0.05, 0) is 74.4 Å². The van der Waals surface area contributed by atoms with Crippen LogP contribution in [0.4, 0.5) is 17.1 Å². The van der Waals surface area contributed by atoms with E-state index in [1.807, 2.05) is 37.3 Å². The van der Waals surface area contributed by atoms with Crippen molar-refractivity contribution in [2.45, 2.75) is 45.1 Å². The lowest BCUT2D eigenvalue weighted by Gasteiger charge is -2.23. The molecule has 1 aliphatic rings. The molecular formula is C30H33ClN4O3. The molecule has 0 heterocycles. The fourth-order valence-corrected chi connectivity index (χ4v) is 4.81. The monoisotopic (exact) mass is 532 g/mol. The van der Waals surface area contributed by atoms with E-state index >= 15 is 0 Å². The summed E-state index contributed by atoms with van der Waals surface area (Å²) < 4.78 is 0. The number of nitrogens with zero attached hydrogens (tertiary/aromatic N) is 1. The number of anilines is 3. The summed E-state index contributed by atoms with van der Waals surface area (Å²) in [6.45, 7) is 2.48. The molecule has 1 fully saturated rings. The van der Waals surface area contributed by atoms with Gasteiger partial charge in [-0.1, -0.05) is 49.1 Å². The summed E-state index contributed by atoms with van der Waals surface area (Å²) in [7, 11) is 0. The normalized spacial score (nSPS) is 13.4. The first-order valence-electron chi connectivity index (χ1n) is 13.1. The van der Waals surface area contributed by atoms with Gasteiger partial charge in [-0.3, -0.25) is 14.4 Å². The molecule has 7 nitrogen and oxygen atoms in total. The van der Waals surface area contributed by atoms with Crippen molar-refractivity contribution in [3.05, 3.63) is 88.9 Å². The Labute approximate surface area is 228 Å². The van der Waals surface area contributed by atoms with Gasteiger partial charge in [-0.25, -0.2) is 0 Å². The van der Waals surface area contributed by atoms with Crippen LogP contribution in [0.15, 0.2) is 72.8 Å². The van der Waals surface area contributed by atoms with Crippen LogP contribution in [0, 0.1) is 0 Å². The number of carbonyl (C=O) groups is 3. The van der Waals surface area contributed by atoms with Crippen molar-refractivity contribution in [2.24, 2.45) is 0 Å². The van der Waals surface area contributed by atoms with E-state index in [4.69, 9.17) is 11.6 Å². The molecule has 3 N–H and O–H groups in total. The first kappa shape index (κ1) is 27.2. The van der Waals surface area contributed by atoms with E-state index in [1.54, 1.807) is 47.4 Å². The summed E-state index contributed by atoms with van der Waals surface area (Å²) >= 11 is 6.28. The van der Waals surface area contributed by atoms with Gasteiger partial charge in [0, 0.05) is 35.2 Å². The second kappa shape index (κ2) is 13.1. The van der Waals surface area contributed by atoms with Crippen LogP contribution in [-0.4, -0.2) is 36.9 Å². The average molecular weight is 533 g/mol. The zero-order valence-corrected chi connectivity index (χ0v) is 22.3. The standard InChI is InChI=1S/C30H33ClN4O3/c1-2-35(25-11-7-4-8-12-25)30(38)21-13-15-23(16-14-21)33-28(36)20-32-24-17-18-27(31)26(19-24)29(37)34-22-9-5-3-6-10-22/h4,7-8,11-19,22,32H,2-3,5-6,9-10,20H2,1H3,(H,33,36)(H,34,37). The average Bonchev–Trinajstić information content (AvgIpc) is 2.94. The van der Waals surface area contributed by atoms with Crippen molar-refractivity contribution in [1.82, 2.24) is 5.32 Å². The maximum absolute atomic E-state index is 13.0. The Bertz CT molecular complexity index is 1260. The second-order valence-corrected chi connectivity index (χ2v) is 9.77. The molecule has 0 aliphatic heterocycles. The van der Waals surface area contributed by atoms with Crippen LogP contribution in [0.3, 0.4) is 0 Å². The maximum Gasteiger partial charge on any atom is 0.258 e. The molecule has 0 bridgehead atoms. The van der Waals surface area contributed by atoms with Crippen LogP contribution in [0.5, 0.6) is 0 Å². The van der Waals surface area contributed by atoms with Gasteiger partial charge < -0.3 is 20.9 Å². The minimum Gasteiger partial charge on any atom is -0.376 e. The highest BCUT2D eigenvalue weighted by Crippen LogP contribution is 2.23. The third kappa shape index (κ3) is 7.13. The van der Waals surface area contributed by atoms with Gasteiger partial charge in [0.2, 0.25) is 5.91 Å². The molecule has 0 saturated heterocycles. The smallest absolute Gasteiger partial charge is 0.258 e. The highest BCUT2D eigenvalue weighted by atomic mass is 35.5. The molecule has 3 aromatic carbocycles.